The number of anilines is 2. The molecule has 1 saturated heterocycles. The van der Waals surface area contributed by atoms with Gasteiger partial charge in [0.1, 0.15) is 5.38 Å². The van der Waals surface area contributed by atoms with Crippen LogP contribution in [0.4, 0.5) is 11.4 Å². The fraction of sp³-hybridized carbons (Fsp3) is 0.417. The summed E-state index contributed by atoms with van der Waals surface area (Å²) in [7, 11) is 0. The molecule has 0 aromatic heterocycles. The van der Waals surface area contributed by atoms with Gasteiger partial charge in [0.05, 0.1) is 0 Å². The largest absolute Gasteiger partial charge is 0.368 e. The van der Waals surface area contributed by atoms with E-state index in [1.807, 2.05) is 59.5 Å². The lowest BCUT2D eigenvalue weighted by Crippen LogP contribution is -2.50. The van der Waals surface area contributed by atoms with Crippen molar-refractivity contribution in [3.8, 4) is 0 Å². The molecule has 1 N–H and O–H groups in total. The van der Waals surface area contributed by atoms with Crippen LogP contribution in [0.1, 0.15) is 37.6 Å². The number of piperazine rings is 1. The van der Waals surface area contributed by atoms with Gasteiger partial charge in [-0.1, -0.05) is 44.2 Å². The molecule has 1 fully saturated rings. The van der Waals surface area contributed by atoms with E-state index in [2.05, 4.69) is 24.1 Å². The molecular weight excluding hydrogens is 398 g/mol. The Balaban J connectivity index is 1.54. The van der Waals surface area contributed by atoms with Crippen molar-refractivity contribution in [3.05, 3.63) is 60.2 Å². The summed E-state index contributed by atoms with van der Waals surface area (Å²) < 4.78 is 0. The standard InChI is InChI=1S/C24H30ClN3O2/c1-3-18(4-2)24(30)28-16-14-27(15-17-28)21-12-10-20(11-13-21)26-23(29)22(25)19-8-6-5-7-9-19/h5-13,18,22H,3-4,14-17H2,1-2H3,(H,26,29)/t22-/m1/s1. The van der Waals surface area contributed by atoms with E-state index in [4.69, 9.17) is 11.6 Å². The Morgan fingerprint density at radius 2 is 1.53 bits per heavy atom. The molecule has 30 heavy (non-hydrogen) atoms. The average molecular weight is 428 g/mol. The summed E-state index contributed by atoms with van der Waals surface area (Å²) in [5, 5.41) is 2.15. The number of hydrogen-bond donors (Lipinski definition) is 1. The molecule has 0 spiro atoms. The van der Waals surface area contributed by atoms with Crippen molar-refractivity contribution in [2.45, 2.75) is 32.1 Å². The van der Waals surface area contributed by atoms with Gasteiger partial charge >= 0.3 is 0 Å². The van der Waals surface area contributed by atoms with Gasteiger partial charge in [-0.2, -0.15) is 0 Å². The van der Waals surface area contributed by atoms with E-state index < -0.39 is 5.38 Å². The van der Waals surface area contributed by atoms with Crippen LogP contribution in [0.5, 0.6) is 0 Å². The number of halogens is 1. The van der Waals surface area contributed by atoms with Crippen LogP contribution in [-0.2, 0) is 9.59 Å². The molecule has 0 aliphatic carbocycles. The van der Waals surface area contributed by atoms with E-state index in [0.717, 1.165) is 50.3 Å². The van der Waals surface area contributed by atoms with Crippen molar-refractivity contribution in [1.82, 2.24) is 4.90 Å². The molecule has 1 heterocycles. The number of carbonyl (C=O) groups is 2. The Morgan fingerprint density at radius 1 is 0.933 bits per heavy atom. The third-order valence-corrected chi connectivity index (χ3v) is 6.20. The second-order valence-electron chi connectivity index (χ2n) is 7.64. The van der Waals surface area contributed by atoms with Crippen molar-refractivity contribution in [2.75, 3.05) is 36.4 Å². The predicted octanol–water partition coefficient (Wildman–Crippen LogP) is 4.69. The molecule has 1 aliphatic heterocycles. The molecular formula is C24H30ClN3O2. The Morgan fingerprint density at radius 3 is 2.10 bits per heavy atom. The number of rotatable bonds is 7. The van der Waals surface area contributed by atoms with Gasteiger partial charge in [-0.3, -0.25) is 9.59 Å². The minimum atomic E-state index is -0.730. The Kier molecular flexibility index (Phi) is 7.75. The number of nitrogens with one attached hydrogen (secondary N) is 1. The highest BCUT2D eigenvalue weighted by Gasteiger charge is 2.25. The molecule has 5 nitrogen and oxygen atoms in total. The zero-order valence-electron chi connectivity index (χ0n) is 17.7. The molecule has 2 aromatic carbocycles. The topological polar surface area (TPSA) is 52.7 Å². The van der Waals surface area contributed by atoms with Gasteiger partial charge in [0, 0.05) is 43.5 Å². The average Bonchev–Trinajstić information content (AvgIpc) is 2.80. The highest BCUT2D eigenvalue weighted by molar-refractivity contribution is 6.32. The maximum absolute atomic E-state index is 12.6. The molecule has 6 heteroatoms. The van der Waals surface area contributed by atoms with Crippen LogP contribution in [0, 0.1) is 5.92 Å². The molecule has 1 aliphatic rings. The van der Waals surface area contributed by atoms with E-state index >= 15 is 0 Å². The van der Waals surface area contributed by atoms with Gasteiger partial charge in [0.15, 0.2) is 0 Å². The van der Waals surface area contributed by atoms with Crippen LogP contribution in [0.25, 0.3) is 0 Å². The van der Waals surface area contributed by atoms with Crippen LogP contribution >= 0.6 is 11.6 Å². The van der Waals surface area contributed by atoms with Crippen LogP contribution < -0.4 is 10.2 Å². The smallest absolute Gasteiger partial charge is 0.246 e. The van der Waals surface area contributed by atoms with Crippen molar-refractivity contribution in [1.29, 1.82) is 0 Å². The lowest BCUT2D eigenvalue weighted by molar-refractivity contribution is -0.136. The molecule has 1 atom stereocenters. The molecule has 160 valence electrons. The SMILES string of the molecule is CCC(CC)C(=O)N1CCN(c2ccc(NC(=O)[C@H](Cl)c3ccccc3)cc2)CC1. The maximum atomic E-state index is 12.6. The fourth-order valence-corrected chi connectivity index (χ4v) is 4.02. The van der Waals surface area contributed by atoms with Gasteiger partial charge in [-0.25, -0.2) is 0 Å². The first-order chi connectivity index (χ1) is 14.5. The van der Waals surface area contributed by atoms with E-state index in [1.165, 1.54) is 0 Å². The summed E-state index contributed by atoms with van der Waals surface area (Å²) in [6.07, 6.45) is 1.80. The number of hydrogen-bond acceptors (Lipinski definition) is 3. The third-order valence-electron chi connectivity index (χ3n) is 5.75. The molecule has 0 saturated carbocycles. The van der Waals surface area contributed by atoms with Crippen molar-refractivity contribution >= 4 is 34.8 Å². The number of benzene rings is 2. The van der Waals surface area contributed by atoms with Crippen molar-refractivity contribution in [2.24, 2.45) is 5.92 Å². The summed E-state index contributed by atoms with van der Waals surface area (Å²) in [4.78, 5) is 29.2. The summed E-state index contributed by atoms with van der Waals surface area (Å²) in [6.45, 7) is 7.28. The molecule has 0 bridgehead atoms. The Bertz CT molecular complexity index is 829. The minimum Gasteiger partial charge on any atom is -0.368 e. The van der Waals surface area contributed by atoms with Crippen LogP contribution in [-0.4, -0.2) is 42.9 Å². The van der Waals surface area contributed by atoms with Gasteiger partial charge < -0.3 is 15.1 Å². The quantitative estimate of drug-likeness (QED) is 0.652. The molecule has 0 unspecified atom stereocenters. The zero-order valence-corrected chi connectivity index (χ0v) is 18.4. The minimum absolute atomic E-state index is 0.140. The van der Waals surface area contributed by atoms with Gasteiger partial charge in [0.2, 0.25) is 11.8 Å². The highest BCUT2D eigenvalue weighted by atomic mass is 35.5. The first kappa shape index (κ1) is 22.2. The van der Waals surface area contributed by atoms with Gasteiger partial charge in [-0.05, 0) is 42.7 Å². The fourth-order valence-electron chi connectivity index (χ4n) is 3.82. The second-order valence-corrected chi connectivity index (χ2v) is 8.07. The first-order valence-electron chi connectivity index (χ1n) is 10.7. The number of carbonyl (C=O) groups excluding carboxylic acids is 2. The van der Waals surface area contributed by atoms with E-state index in [1.54, 1.807) is 0 Å². The van der Waals surface area contributed by atoms with Gasteiger partial charge in [-0.15, -0.1) is 11.6 Å². The predicted molar refractivity (Wildman–Crippen MR) is 123 cm³/mol. The second kappa shape index (κ2) is 10.5. The van der Waals surface area contributed by atoms with E-state index in [0.29, 0.717) is 5.69 Å². The summed E-state index contributed by atoms with van der Waals surface area (Å²) in [5.41, 5.74) is 2.58. The lowest BCUT2D eigenvalue weighted by atomic mass is 10.0. The summed E-state index contributed by atoms with van der Waals surface area (Å²) in [5.74, 6) is 0.178. The van der Waals surface area contributed by atoms with E-state index in [9.17, 15) is 9.59 Å². The van der Waals surface area contributed by atoms with Crippen LogP contribution in [0.2, 0.25) is 0 Å². The van der Waals surface area contributed by atoms with Crippen molar-refractivity contribution in [3.63, 3.8) is 0 Å². The molecule has 3 rings (SSSR count). The highest BCUT2D eigenvalue weighted by Crippen LogP contribution is 2.24. The van der Waals surface area contributed by atoms with Crippen LogP contribution in [0.3, 0.4) is 0 Å². The van der Waals surface area contributed by atoms with Crippen molar-refractivity contribution < 1.29 is 9.59 Å². The van der Waals surface area contributed by atoms with E-state index in [-0.39, 0.29) is 17.7 Å². The molecule has 2 aromatic rings. The Hall–Kier alpha value is -2.53. The number of alkyl halides is 1. The summed E-state index contributed by atoms with van der Waals surface area (Å²) >= 11 is 6.29. The number of amides is 2. The zero-order chi connectivity index (χ0) is 21.5. The summed E-state index contributed by atoms with van der Waals surface area (Å²) in [6, 6.07) is 17.1. The third kappa shape index (κ3) is 5.33. The first-order valence-corrected chi connectivity index (χ1v) is 11.1. The molecule has 2 amide bonds. The lowest BCUT2D eigenvalue weighted by Gasteiger charge is -2.37. The monoisotopic (exact) mass is 427 g/mol. The number of nitrogens with zero attached hydrogens (tertiary/aromatic N) is 2. The maximum Gasteiger partial charge on any atom is 0.246 e. The Labute approximate surface area is 184 Å². The molecule has 0 radical (unpaired) electrons. The van der Waals surface area contributed by atoms with Gasteiger partial charge in [0.25, 0.3) is 0 Å². The van der Waals surface area contributed by atoms with Crippen LogP contribution in [0.15, 0.2) is 54.6 Å². The normalized spacial score (nSPS) is 15.2.